The van der Waals surface area contributed by atoms with Crippen LogP contribution in [0.5, 0.6) is 0 Å². The second-order valence-corrected chi connectivity index (χ2v) is 4.95. The first-order chi connectivity index (χ1) is 9.11. The van der Waals surface area contributed by atoms with E-state index in [0.717, 1.165) is 24.1 Å². The van der Waals surface area contributed by atoms with Gasteiger partial charge in [0.25, 0.3) is 0 Å². The normalized spacial score (nSPS) is 22.8. The highest BCUT2D eigenvalue weighted by atomic mass is 16.5. The number of nitrogens with zero attached hydrogens (tertiary/aromatic N) is 4. The number of ether oxygens (including phenoxy) is 1. The molecule has 6 nitrogen and oxygen atoms in total. The van der Waals surface area contributed by atoms with Gasteiger partial charge in [-0.3, -0.25) is 4.68 Å². The van der Waals surface area contributed by atoms with Gasteiger partial charge < -0.3 is 10.5 Å². The smallest absolute Gasteiger partial charge is 0.160 e. The molecule has 0 aromatic carbocycles. The first-order valence-corrected chi connectivity index (χ1v) is 6.41. The summed E-state index contributed by atoms with van der Waals surface area (Å²) in [6, 6.07) is 1.76. The summed E-state index contributed by atoms with van der Waals surface area (Å²) in [5.41, 5.74) is 7.60. The van der Waals surface area contributed by atoms with Gasteiger partial charge in [-0.1, -0.05) is 0 Å². The Labute approximate surface area is 111 Å². The molecule has 0 amide bonds. The summed E-state index contributed by atoms with van der Waals surface area (Å²) in [6.07, 6.45) is 5.86. The lowest BCUT2D eigenvalue weighted by Gasteiger charge is -2.11. The third kappa shape index (κ3) is 2.44. The summed E-state index contributed by atoms with van der Waals surface area (Å²) in [5.74, 6) is 1.13. The number of aryl methyl sites for hydroxylation is 1. The van der Waals surface area contributed by atoms with Crippen molar-refractivity contribution < 1.29 is 4.74 Å². The fourth-order valence-corrected chi connectivity index (χ4v) is 2.32. The molecular weight excluding hydrogens is 242 g/mol. The van der Waals surface area contributed by atoms with Gasteiger partial charge in [0.15, 0.2) is 5.82 Å². The molecule has 0 spiro atoms. The predicted octanol–water partition coefficient (Wildman–Crippen LogP) is 1.70. The summed E-state index contributed by atoms with van der Waals surface area (Å²) in [5, 5.41) is 4.15. The molecule has 19 heavy (non-hydrogen) atoms. The van der Waals surface area contributed by atoms with Crippen molar-refractivity contribution in [2.45, 2.75) is 32.0 Å². The van der Waals surface area contributed by atoms with Crippen LogP contribution in [0.3, 0.4) is 0 Å². The van der Waals surface area contributed by atoms with Crippen LogP contribution >= 0.6 is 0 Å². The minimum atomic E-state index is -0.0473. The van der Waals surface area contributed by atoms with E-state index in [4.69, 9.17) is 10.5 Å². The number of nitrogen functional groups attached to an aromatic ring is 1. The van der Waals surface area contributed by atoms with Gasteiger partial charge in [0.1, 0.15) is 11.9 Å². The molecule has 0 aliphatic carbocycles. The van der Waals surface area contributed by atoms with Gasteiger partial charge in [0.2, 0.25) is 0 Å². The second-order valence-electron chi connectivity index (χ2n) is 4.95. The summed E-state index contributed by atoms with van der Waals surface area (Å²) in [7, 11) is 1.87. The Morgan fingerprint density at radius 3 is 2.84 bits per heavy atom. The SMILES string of the molecule is CC1CCC(c2nc(N)cc(-c3cnn(C)c3)n2)O1. The molecule has 2 unspecified atom stereocenters. The molecule has 2 aromatic rings. The lowest BCUT2D eigenvalue weighted by molar-refractivity contribution is 0.0504. The van der Waals surface area contributed by atoms with E-state index in [1.165, 1.54) is 0 Å². The van der Waals surface area contributed by atoms with E-state index in [1.807, 2.05) is 13.2 Å². The van der Waals surface area contributed by atoms with Gasteiger partial charge in [-0.05, 0) is 19.8 Å². The maximum Gasteiger partial charge on any atom is 0.160 e. The summed E-state index contributed by atoms with van der Waals surface area (Å²) in [6.45, 7) is 2.06. The van der Waals surface area contributed by atoms with Crippen LogP contribution in [0.4, 0.5) is 5.82 Å². The van der Waals surface area contributed by atoms with Crippen molar-refractivity contribution in [1.82, 2.24) is 19.7 Å². The van der Waals surface area contributed by atoms with E-state index < -0.39 is 0 Å². The Morgan fingerprint density at radius 1 is 1.37 bits per heavy atom. The van der Waals surface area contributed by atoms with Crippen LogP contribution in [0.25, 0.3) is 11.3 Å². The Bertz CT molecular complexity index is 594. The molecule has 2 N–H and O–H groups in total. The van der Waals surface area contributed by atoms with E-state index in [9.17, 15) is 0 Å². The zero-order chi connectivity index (χ0) is 13.4. The monoisotopic (exact) mass is 259 g/mol. The summed E-state index contributed by atoms with van der Waals surface area (Å²) in [4.78, 5) is 8.86. The summed E-state index contributed by atoms with van der Waals surface area (Å²) >= 11 is 0. The zero-order valence-electron chi connectivity index (χ0n) is 11.1. The van der Waals surface area contributed by atoms with Gasteiger partial charge >= 0.3 is 0 Å². The van der Waals surface area contributed by atoms with Crippen molar-refractivity contribution in [3.05, 3.63) is 24.3 Å². The molecular formula is C13H17N5O. The van der Waals surface area contributed by atoms with Gasteiger partial charge in [-0.15, -0.1) is 0 Å². The zero-order valence-corrected chi connectivity index (χ0v) is 11.1. The Kier molecular flexibility index (Phi) is 2.94. The van der Waals surface area contributed by atoms with Crippen molar-refractivity contribution in [2.24, 2.45) is 7.05 Å². The third-order valence-corrected chi connectivity index (χ3v) is 3.28. The van der Waals surface area contributed by atoms with Crippen LogP contribution in [0.15, 0.2) is 18.5 Å². The number of hydrogen-bond donors (Lipinski definition) is 1. The van der Waals surface area contributed by atoms with Crippen LogP contribution in [0, 0.1) is 0 Å². The van der Waals surface area contributed by atoms with Crippen LogP contribution in [-0.2, 0) is 11.8 Å². The van der Waals surface area contributed by atoms with Crippen LogP contribution < -0.4 is 5.73 Å². The first kappa shape index (κ1) is 12.1. The lowest BCUT2D eigenvalue weighted by Crippen LogP contribution is -2.08. The van der Waals surface area contributed by atoms with E-state index in [-0.39, 0.29) is 12.2 Å². The summed E-state index contributed by atoms with van der Waals surface area (Å²) < 4.78 is 7.53. The standard InChI is InChI=1S/C13H17N5O/c1-8-3-4-11(19-8)13-16-10(5-12(14)17-13)9-6-15-18(2)7-9/h5-8,11H,3-4H2,1-2H3,(H2,14,16,17). The highest BCUT2D eigenvalue weighted by Gasteiger charge is 2.26. The van der Waals surface area contributed by atoms with Crippen molar-refractivity contribution in [2.75, 3.05) is 5.73 Å². The Balaban J connectivity index is 1.96. The Hall–Kier alpha value is -1.95. The largest absolute Gasteiger partial charge is 0.384 e. The maximum atomic E-state index is 5.87. The fraction of sp³-hybridized carbons (Fsp3) is 0.462. The van der Waals surface area contributed by atoms with E-state index in [1.54, 1.807) is 16.9 Å². The second kappa shape index (κ2) is 4.62. The highest BCUT2D eigenvalue weighted by Crippen LogP contribution is 2.31. The van der Waals surface area contributed by atoms with Crippen molar-refractivity contribution in [1.29, 1.82) is 0 Å². The van der Waals surface area contributed by atoms with Gasteiger partial charge in [-0.2, -0.15) is 5.10 Å². The average molecular weight is 259 g/mol. The number of rotatable bonds is 2. The molecule has 1 aliphatic heterocycles. The van der Waals surface area contributed by atoms with Gasteiger partial charge in [-0.25, -0.2) is 9.97 Å². The van der Waals surface area contributed by atoms with E-state index in [2.05, 4.69) is 22.0 Å². The number of aromatic nitrogens is 4. The Morgan fingerprint density at radius 2 is 2.21 bits per heavy atom. The molecule has 0 bridgehead atoms. The van der Waals surface area contributed by atoms with E-state index in [0.29, 0.717) is 11.6 Å². The van der Waals surface area contributed by atoms with E-state index >= 15 is 0 Å². The minimum Gasteiger partial charge on any atom is -0.384 e. The molecule has 0 saturated carbocycles. The third-order valence-electron chi connectivity index (χ3n) is 3.28. The number of anilines is 1. The van der Waals surface area contributed by atoms with Gasteiger partial charge in [0, 0.05) is 24.9 Å². The lowest BCUT2D eigenvalue weighted by atomic mass is 10.2. The topological polar surface area (TPSA) is 78.9 Å². The van der Waals surface area contributed by atoms with Crippen molar-refractivity contribution >= 4 is 5.82 Å². The molecule has 0 radical (unpaired) electrons. The molecule has 2 atom stereocenters. The number of nitrogens with two attached hydrogens (primary N) is 1. The molecule has 2 aromatic heterocycles. The molecule has 100 valence electrons. The maximum absolute atomic E-state index is 5.87. The quantitative estimate of drug-likeness (QED) is 0.888. The van der Waals surface area contributed by atoms with Crippen molar-refractivity contribution in [3.8, 4) is 11.3 Å². The average Bonchev–Trinajstić information content (AvgIpc) is 2.97. The van der Waals surface area contributed by atoms with Crippen LogP contribution in [0.1, 0.15) is 31.7 Å². The van der Waals surface area contributed by atoms with Gasteiger partial charge in [0.05, 0.1) is 18.0 Å². The van der Waals surface area contributed by atoms with Crippen LogP contribution in [-0.4, -0.2) is 25.9 Å². The molecule has 1 aliphatic rings. The molecule has 1 saturated heterocycles. The first-order valence-electron chi connectivity index (χ1n) is 6.41. The van der Waals surface area contributed by atoms with Crippen LogP contribution in [0.2, 0.25) is 0 Å². The molecule has 1 fully saturated rings. The minimum absolute atomic E-state index is 0.0473. The molecule has 3 heterocycles. The fourth-order valence-electron chi connectivity index (χ4n) is 2.32. The number of hydrogen-bond acceptors (Lipinski definition) is 5. The molecule has 3 rings (SSSR count). The predicted molar refractivity (Wildman–Crippen MR) is 71.2 cm³/mol. The van der Waals surface area contributed by atoms with Crippen molar-refractivity contribution in [3.63, 3.8) is 0 Å². The highest BCUT2D eigenvalue weighted by molar-refractivity contribution is 5.60. The molecule has 6 heteroatoms.